The molecule has 0 amide bonds. The molecule has 3 nitrogen and oxygen atoms in total. The molecule has 0 aliphatic rings. The topological polar surface area (TPSA) is 38.7 Å². The molecule has 0 aromatic heterocycles. The van der Waals surface area contributed by atoms with E-state index < -0.39 is 6.10 Å². The van der Waals surface area contributed by atoms with Gasteiger partial charge in [0.05, 0.1) is 13.2 Å². The van der Waals surface area contributed by atoms with E-state index in [2.05, 4.69) is 20.8 Å². The molecular weight excluding hydrogens is 228 g/mol. The second kappa shape index (κ2) is 6.21. The summed E-state index contributed by atoms with van der Waals surface area (Å²) in [6.45, 7) is 8.74. The number of methoxy groups -OCH3 is 1. The second-order valence-electron chi connectivity index (χ2n) is 5.46. The lowest BCUT2D eigenvalue weighted by atomic mass is 9.83. The van der Waals surface area contributed by atoms with E-state index in [1.165, 1.54) is 0 Å². The Bertz CT molecular complexity index is 351. The summed E-state index contributed by atoms with van der Waals surface area (Å²) >= 11 is 0. The molecule has 1 aromatic carbocycles. The molecule has 3 heteroatoms. The lowest BCUT2D eigenvalue weighted by Gasteiger charge is -2.34. The third-order valence-corrected chi connectivity index (χ3v) is 2.94. The van der Waals surface area contributed by atoms with Crippen molar-refractivity contribution in [3.8, 4) is 5.75 Å². The second-order valence-corrected chi connectivity index (χ2v) is 5.46. The van der Waals surface area contributed by atoms with Gasteiger partial charge in [0.15, 0.2) is 0 Å². The van der Waals surface area contributed by atoms with Crippen LogP contribution in [0.4, 0.5) is 0 Å². The maximum atomic E-state index is 10.4. The van der Waals surface area contributed by atoms with Gasteiger partial charge in [0.2, 0.25) is 0 Å². The molecule has 0 heterocycles. The van der Waals surface area contributed by atoms with Gasteiger partial charge in [-0.3, -0.25) is 0 Å². The fraction of sp³-hybridized carbons (Fsp3) is 0.600. The van der Waals surface area contributed by atoms with E-state index in [0.717, 1.165) is 11.3 Å². The zero-order valence-corrected chi connectivity index (χ0v) is 11.9. The Kier molecular flexibility index (Phi) is 5.17. The van der Waals surface area contributed by atoms with Crippen LogP contribution in [0, 0.1) is 5.41 Å². The highest BCUT2D eigenvalue weighted by Gasteiger charge is 2.32. The first-order valence-corrected chi connectivity index (χ1v) is 6.33. The average molecular weight is 252 g/mol. The van der Waals surface area contributed by atoms with E-state index in [4.69, 9.17) is 9.47 Å². The molecule has 0 fully saturated rings. The zero-order valence-electron chi connectivity index (χ0n) is 11.9. The lowest BCUT2D eigenvalue weighted by Crippen LogP contribution is -2.35. The number of ether oxygens (including phenoxy) is 2. The van der Waals surface area contributed by atoms with Gasteiger partial charge in [-0.1, -0.05) is 32.9 Å². The van der Waals surface area contributed by atoms with E-state index in [1.807, 2.05) is 31.2 Å². The Morgan fingerprint density at radius 2 is 1.72 bits per heavy atom. The van der Waals surface area contributed by atoms with Crippen LogP contribution in [0.15, 0.2) is 24.3 Å². The molecule has 0 aliphatic carbocycles. The fourth-order valence-electron chi connectivity index (χ4n) is 1.97. The monoisotopic (exact) mass is 252 g/mol. The predicted molar refractivity (Wildman–Crippen MR) is 72.8 cm³/mol. The van der Waals surface area contributed by atoms with Crippen LogP contribution >= 0.6 is 0 Å². The molecular formula is C15H24O3. The van der Waals surface area contributed by atoms with Gasteiger partial charge >= 0.3 is 0 Å². The van der Waals surface area contributed by atoms with Gasteiger partial charge in [-0.05, 0) is 30.0 Å². The van der Waals surface area contributed by atoms with E-state index in [-0.39, 0.29) is 11.5 Å². The fourth-order valence-corrected chi connectivity index (χ4v) is 1.97. The third-order valence-electron chi connectivity index (χ3n) is 2.94. The van der Waals surface area contributed by atoms with Crippen LogP contribution in [-0.2, 0) is 4.74 Å². The molecule has 0 aliphatic heterocycles. The Labute approximate surface area is 110 Å². The first kappa shape index (κ1) is 15.0. The Hall–Kier alpha value is -1.06. The highest BCUT2D eigenvalue weighted by atomic mass is 16.5. The number of aliphatic hydroxyl groups is 1. The maximum Gasteiger partial charge on any atom is 0.118 e. The molecule has 1 aromatic rings. The summed E-state index contributed by atoms with van der Waals surface area (Å²) in [6, 6.07) is 7.46. The van der Waals surface area contributed by atoms with Crippen molar-refractivity contribution in [3.63, 3.8) is 0 Å². The van der Waals surface area contributed by atoms with Gasteiger partial charge in [-0.2, -0.15) is 0 Å². The van der Waals surface area contributed by atoms with Crippen molar-refractivity contribution >= 4 is 0 Å². The minimum Gasteiger partial charge on any atom is -0.497 e. The summed E-state index contributed by atoms with van der Waals surface area (Å²) in [7, 11) is 1.63. The first-order chi connectivity index (χ1) is 8.40. The molecule has 0 saturated carbocycles. The van der Waals surface area contributed by atoms with Crippen molar-refractivity contribution in [1.82, 2.24) is 0 Å². The quantitative estimate of drug-likeness (QED) is 0.874. The van der Waals surface area contributed by atoms with Crippen LogP contribution in [0.2, 0.25) is 0 Å². The van der Waals surface area contributed by atoms with E-state index in [1.54, 1.807) is 7.11 Å². The molecule has 2 atom stereocenters. The van der Waals surface area contributed by atoms with Gasteiger partial charge in [-0.25, -0.2) is 0 Å². The van der Waals surface area contributed by atoms with Gasteiger partial charge in [0.1, 0.15) is 11.9 Å². The number of hydrogen-bond acceptors (Lipinski definition) is 3. The lowest BCUT2D eigenvalue weighted by molar-refractivity contribution is -0.0898. The number of benzene rings is 1. The Morgan fingerprint density at radius 1 is 1.17 bits per heavy atom. The summed E-state index contributed by atoms with van der Waals surface area (Å²) in [6.07, 6.45) is -0.855. The van der Waals surface area contributed by atoms with Crippen molar-refractivity contribution in [1.29, 1.82) is 0 Å². The van der Waals surface area contributed by atoms with E-state index >= 15 is 0 Å². The van der Waals surface area contributed by atoms with Gasteiger partial charge in [-0.15, -0.1) is 0 Å². The number of aliphatic hydroxyl groups excluding tert-OH is 1. The highest BCUT2D eigenvalue weighted by molar-refractivity contribution is 5.29. The van der Waals surface area contributed by atoms with Crippen molar-refractivity contribution in [2.24, 2.45) is 5.41 Å². The van der Waals surface area contributed by atoms with E-state index in [0.29, 0.717) is 6.61 Å². The highest BCUT2D eigenvalue weighted by Crippen LogP contribution is 2.33. The third kappa shape index (κ3) is 3.72. The average Bonchev–Trinajstić information content (AvgIpc) is 2.34. The van der Waals surface area contributed by atoms with Gasteiger partial charge < -0.3 is 14.6 Å². The molecule has 0 radical (unpaired) electrons. The van der Waals surface area contributed by atoms with Gasteiger partial charge in [0, 0.05) is 6.61 Å². The number of hydrogen-bond donors (Lipinski definition) is 1. The van der Waals surface area contributed by atoms with Crippen molar-refractivity contribution in [3.05, 3.63) is 29.8 Å². The maximum absolute atomic E-state index is 10.4. The Balaban J connectivity index is 2.90. The molecule has 1 rings (SSSR count). The normalized spacial score (nSPS) is 15.2. The van der Waals surface area contributed by atoms with Crippen molar-refractivity contribution in [2.45, 2.75) is 39.9 Å². The summed E-state index contributed by atoms with van der Waals surface area (Å²) in [4.78, 5) is 0. The van der Waals surface area contributed by atoms with E-state index in [9.17, 15) is 5.11 Å². The largest absolute Gasteiger partial charge is 0.497 e. The van der Waals surface area contributed by atoms with Crippen LogP contribution in [0.5, 0.6) is 5.75 Å². The Morgan fingerprint density at radius 3 is 2.11 bits per heavy atom. The molecule has 0 saturated heterocycles. The standard InChI is InChI=1S/C15H24O3/c1-6-18-14(15(2,3)4)13(16)11-7-9-12(17-5)10-8-11/h7-10,13-14,16H,6H2,1-5H3. The van der Waals surface area contributed by atoms with Crippen LogP contribution in [0.25, 0.3) is 0 Å². The van der Waals surface area contributed by atoms with Crippen LogP contribution in [0.1, 0.15) is 39.4 Å². The predicted octanol–water partition coefficient (Wildman–Crippen LogP) is 3.18. The number of rotatable bonds is 5. The summed E-state index contributed by atoms with van der Waals surface area (Å²) in [5.74, 6) is 0.787. The van der Waals surface area contributed by atoms with Crippen LogP contribution < -0.4 is 4.74 Å². The first-order valence-electron chi connectivity index (χ1n) is 6.33. The SMILES string of the molecule is CCOC(C(O)c1ccc(OC)cc1)C(C)(C)C. The molecule has 0 spiro atoms. The summed E-state index contributed by atoms with van der Waals surface area (Å²) < 4.78 is 10.8. The van der Waals surface area contributed by atoms with Gasteiger partial charge in [0.25, 0.3) is 0 Å². The van der Waals surface area contributed by atoms with Crippen molar-refractivity contribution in [2.75, 3.05) is 13.7 Å². The smallest absolute Gasteiger partial charge is 0.118 e. The molecule has 1 N–H and O–H groups in total. The minimum atomic E-state index is -0.629. The summed E-state index contributed by atoms with van der Waals surface area (Å²) in [5.41, 5.74) is 0.735. The van der Waals surface area contributed by atoms with Crippen LogP contribution in [0.3, 0.4) is 0 Å². The minimum absolute atomic E-state index is 0.116. The molecule has 2 unspecified atom stereocenters. The van der Waals surface area contributed by atoms with Crippen molar-refractivity contribution < 1.29 is 14.6 Å². The summed E-state index contributed by atoms with van der Waals surface area (Å²) in [5, 5.41) is 10.4. The molecule has 102 valence electrons. The zero-order chi connectivity index (χ0) is 13.8. The van der Waals surface area contributed by atoms with Crippen LogP contribution in [-0.4, -0.2) is 24.9 Å². The molecule has 18 heavy (non-hydrogen) atoms. The molecule has 0 bridgehead atoms.